The van der Waals surface area contributed by atoms with Gasteiger partial charge in [0, 0.05) is 17.7 Å². The molecule has 0 unspecified atom stereocenters. The summed E-state index contributed by atoms with van der Waals surface area (Å²) < 4.78 is 9.92. The molecule has 5 heteroatoms. The predicted molar refractivity (Wildman–Crippen MR) is 73.6 cm³/mol. The monoisotopic (exact) mass is 275 g/mol. The van der Waals surface area contributed by atoms with Crippen molar-refractivity contribution in [3.63, 3.8) is 0 Å². The molecule has 1 amide bonds. The molecule has 1 aromatic carbocycles. The van der Waals surface area contributed by atoms with Crippen molar-refractivity contribution in [1.82, 2.24) is 5.32 Å². The molecule has 106 valence electrons. The second-order valence-corrected chi connectivity index (χ2v) is 4.35. The zero-order chi connectivity index (χ0) is 14.4. The number of ether oxygens (including phenoxy) is 1. The van der Waals surface area contributed by atoms with Gasteiger partial charge in [0.25, 0.3) is 5.91 Å². The molecule has 0 saturated carbocycles. The molecule has 20 heavy (non-hydrogen) atoms. The number of aliphatic hydroxyl groups is 1. The van der Waals surface area contributed by atoms with Crippen molar-refractivity contribution in [1.29, 1.82) is 0 Å². The topological polar surface area (TPSA) is 71.7 Å². The Morgan fingerprint density at radius 1 is 1.35 bits per heavy atom. The summed E-state index contributed by atoms with van der Waals surface area (Å²) in [4.78, 5) is 11.9. The lowest BCUT2D eigenvalue weighted by Crippen LogP contribution is -2.25. The number of carbonyl (C=O) groups is 1. The van der Waals surface area contributed by atoms with E-state index < -0.39 is 6.10 Å². The van der Waals surface area contributed by atoms with Gasteiger partial charge in [-0.25, -0.2) is 0 Å². The number of furan rings is 1. The van der Waals surface area contributed by atoms with Crippen LogP contribution in [0.2, 0.25) is 0 Å². The van der Waals surface area contributed by atoms with E-state index in [9.17, 15) is 9.90 Å². The first-order valence-corrected chi connectivity index (χ1v) is 6.33. The highest BCUT2D eigenvalue weighted by molar-refractivity contribution is 5.94. The minimum absolute atomic E-state index is 0.174. The minimum Gasteiger partial charge on any atom is -0.497 e. The Morgan fingerprint density at radius 3 is 2.70 bits per heavy atom. The molecule has 0 fully saturated rings. The Labute approximate surface area is 117 Å². The number of hydrogen-bond acceptors (Lipinski definition) is 4. The highest BCUT2D eigenvalue weighted by Gasteiger charge is 2.10. The fraction of sp³-hybridized carbons (Fsp3) is 0.267. The van der Waals surface area contributed by atoms with Crippen molar-refractivity contribution in [3.05, 3.63) is 54.0 Å². The van der Waals surface area contributed by atoms with Crippen LogP contribution < -0.4 is 10.1 Å². The second kappa shape index (κ2) is 6.77. The van der Waals surface area contributed by atoms with E-state index >= 15 is 0 Å². The van der Waals surface area contributed by atoms with Gasteiger partial charge in [-0.2, -0.15) is 0 Å². The fourth-order valence-electron chi connectivity index (χ4n) is 1.80. The summed E-state index contributed by atoms with van der Waals surface area (Å²) in [6, 6.07) is 8.56. The maximum atomic E-state index is 11.9. The van der Waals surface area contributed by atoms with Crippen LogP contribution in [-0.2, 0) is 0 Å². The molecule has 0 radical (unpaired) electrons. The molecule has 0 saturated heterocycles. The van der Waals surface area contributed by atoms with E-state index in [-0.39, 0.29) is 5.91 Å². The number of hydrogen-bond donors (Lipinski definition) is 2. The number of carbonyl (C=O) groups excluding carboxylic acids is 1. The average Bonchev–Trinajstić information content (AvgIpc) is 3.01. The van der Waals surface area contributed by atoms with Crippen LogP contribution in [0.5, 0.6) is 5.75 Å². The summed E-state index contributed by atoms with van der Waals surface area (Å²) in [5, 5.41) is 12.6. The van der Waals surface area contributed by atoms with Gasteiger partial charge in [-0.1, -0.05) is 0 Å². The van der Waals surface area contributed by atoms with Crippen molar-refractivity contribution in [2.45, 2.75) is 12.5 Å². The maximum absolute atomic E-state index is 11.9. The van der Waals surface area contributed by atoms with E-state index in [1.807, 2.05) is 0 Å². The van der Waals surface area contributed by atoms with Crippen LogP contribution in [0, 0.1) is 0 Å². The lowest BCUT2D eigenvalue weighted by Gasteiger charge is -2.09. The molecule has 0 spiro atoms. The van der Waals surface area contributed by atoms with Crippen LogP contribution >= 0.6 is 0 Å². The Kier molecular flexibility index (Phi) is 4.79. The van der Waals surface area contributed by atoms with Crippen molar-refractivity contribution in [2.24, 2.45) is 0 Å². The number of benzene rings is 1. The number of amides is 1. The first-order valence-electron chi connectivity index (χ1n) is 6.33. The van der Waals surface area contributed by atoms with Gasteiger partial charge >= 0.3 is 0 Å². The first kappa shape index (κ1) is 14.1. The molecular formula is C15H17NO4. The van der Waals surface area contributed by atoms with Crippen molar-refractivity contribution >= 4 is 5.91 Å². The quantitative estimate of drug-likeness (QED) is 0.847. The Morgan fingerprint density at radius 2 is 2.10 bits per heavy atom. The third-order valence-corrected chi connectivity index (χ3v) is 2.98. The largest absolute Gasteiger partial charge is 0.497 e. The fourth-order valence-corrected chi connectivity index (χ4v) is 1.80. The molecule has 2 aromatic rings. The van der Waals surface area contributed by atoms with E-state index in [2.05, 4.69) is 5.32 Å². The number of methoxy groups -OCH3 is 1. The number of nitrogens with one attached hydrogen (secondary N) is 1. The van der Waals surface area contributed by atoms with E-state index in [1.165, 1.54) is 12.5 Å². The lowest BCUT2D eigenvalue weighted by atomic mass is 10.1. The lowest BCUT2D eigenvalue weighted by molar-refractivity contribution is 0.0942. The SMILES string of the molecule is COc1ccc(C(=O)NCC[C@H](O)c2ccoc2)cc1. The van der Waals surface area contributed by atoms with Gasteiger partial charge in [0.15, 0.2) is 0 Å². The van der Waals surface area contributed by atoms with Gasteiger partial charge in [0.2, 0.25) is 0 Å². The molecule has 1 heterocycles. The van der Waals surface area contributed by atoms with Crippen LogP contribution in [0.3, 0.4) is 0 Å². The molecule has 0 bridgehead atoms. The average molecular weight is 275 g/mol. The second-order valence-electron chi connectivity index (χ2n) is 4.35. The summed E-state index contributed by atoms with van der Waals surface area (Å²) in [7, 11) is 1.58. The van der Waals surface area contributed by atoms with Crippen LogP contribution in [0.4, 0.5) is 0 Å². The minimum atomic E-state index is -0.634. The summed E-state index contributed by atoms with van der Waals surface area (Å²) in [5.41, 5.74) is 1.27. The summed E-state index contributed by atoms with van der Waals surface area (Å²) in [6.45, 7) is 0.386. The van der Waals surface area contributed by atoms with Crippen LogP contribution in [0.1, 0.15) is 28.4 Å². The summed E-state index contributed by atoms with van der Waals surface area (Å²) in [6.07, 6.45) is 2.80. The zero-order valence-corrected chi connectivity index (χ0v) is 11.2. The maximum Gasteiger partial charge on any atom is 0.251 e. The molecule has 0 aliphatic rings. The predicted octanol–water partition coefficient (Wildman–Crippen LogP) is 2.14. The van der Waals surface area contributed by atoms with Gasteiger partial charge < -0.3 is 19.6 Å². The molecular weight excluding hydrogens is 258 g/mol. The van der Waals surface area contributed by atoms with Gasteiger partial charge in [-0.05, 0) is 36.8 Å². The van der Waals surface area contributed by atoms with E-state index in [0.717, 1.165) is 0 Å². The van der Waals surface area contributed by atoms with E-state index in [1.54, 1.807) is 37.4 Å². The smallest absolute Gasteiger partial charge is 0.251 e. The van der Waals surface area contributed by atoms with Gasteiger partial charge in [-0.3, -0.25) is 4.79 Å². The summed E-state index contributed by atoms with van der Waals surface area (Å²) in [5.74, 6) is 0.531. The molecule has 2 rings (SSSR count). The molecule has 5 nitrogen and oxygen atoms in total. The highest BCUT2D eigenvalue weighted by atomic mass is 16.5. The van der Waals surface area contributed by atoms with E-state index in [4.69, 9.17) is 9.15 Å². The van der Waals surface area contributed by atoms with Crippen LogP contribution in [-0.4, -0.2) is 24.7 Å². The van der Waals surface area contributed by atoms with Crippen molar-refractivity contribution < 1.29 is 19.1 Å². The molecule has 0 aliphatic heterocycles. The van der Waals surface area contributed by atoms with Gasteiger partial charge in [0.05, 0.1) is 25.7 Å². The van der Waals surface area contributed by atoms with E-state index in [0.29, 0.717) is 29.8 Å². The molecule has 2 N–H and O–H groups in total. The Bertz CT molecular complexity index is 534. The standard InChI is InChI=1S/C15H17NO4/c1-19-13-4-2-11(3-5-13)15(18)16-8-6-14(17)12-7-9-20-10-12/h2-5,7,9-10,14,17H,6,8H2,1H3,(H,16,18)/t14-/m0/s1. The number of aliphatic hydroxyl groups excluding tert-OH is 1. The Balaban J connectivity index is 1.80. The van der Waals surface area contributed by atoms with Crippen molar-refractivity contribution in [3.8, 4) is 5.75 Å². The zero-order valence-electron chi connectivity index (χ0n) is 11.2. The first-order chi connectivity index (χ1) is 9.70. The van der Waals surface area contributed by atoms with Crippen LogP contribution in [0.25, 0.3) is 0 Å². The highest BCUT2D eigenvalue weighted by Crippen LogP contribution is 2.16. The normalized spacial score (nSPS) is 11.9. The van der Waals surface area contributed by atoms with Crippen molar-refractivity contribution in [2.75, 3.05) is 13.7 Å². The molecule has 1 atom stereocenters. The Hall–Kier alpha value is -2.27. The molecule has 0 aliphatic carbocycles. The van der Waals surface area contributed by atoms with Gasteiger partial charge in [-0.15, -0.1) is 0 Å². The van der Waals surface area contributed by atoms with Gasteiger partial charge in [0.1, 0.15) is 5.75 Å². The summed E-state index contributed by atoms with van der Waals surface area (Å²) >= 11 is 0. The third kappa shape index (κ3) is 3.61. The molecule has 1 aromatic heterocycles. The van der Waals surface area contributed by atoms with Crippen LogP contribution in [0.15, 0.2) is 47.3 Å². The third-order valence-electron chi connectivity index (χ3n) is 2.98. The number of rotatable bonds is 6.